The van der Waals surface area contributed by atoms with Gasteiger partial charge >= 0.3 is 0 Å². The second kappa shape index (κ2) is 8.07. The van der Waals surface area contributed by atoms with Gasteiger partial charge in [0.05, 0.1) is 6.20 Å². The van der Waals surface area contributed by atoms with Crippen LogP contribution in [0.25, 0.3) is 11.6 Å². The Bertz CT molecular complexity index is 882. The topological polar surface area (TPSA) is 85.0 Å². The molecule has 1 unspecified atom stereocenters. The first-order chi connectivity index (χ1) is 13.3. The molecular formula is C20H21N5O2. The molecule has 0 spiro atoms. The number of aromatic nitrogens is 4. The van der Waals surface area contributed by atoms with E-state index in [0.29, 0.717) is 30.4 Å². The minimum absolute atomic E-state index is 0.109. The van der Waals surface area contributed by atoms with Crippen LogP contribution in [0.5, 0.6) is 0 Å². The molecule has 1 amide bonds. The number of nitrogens with zero attached hydrogens (tertiary/aromatic N) is 5. The minimum atomic E-state index is 0.109. The van der Waals surface area contributed by atoms with Crippen molar-refractivity contribution in [3.63, 3.8) is 0 Å². The van der Waals surface area contributed by atoms with E-state index in [1.54, 1.807) is 18.6 Å². The molecule has 27 heavy (non-hydrogen) atoms. The SMILES string of the molecule is O=C(CCCc1ccccc1)N1CCC(c2noc(-c3cnccn3)n2)C1. The third-order valence-corrected chi connectivity index (χ3v) is 4.83. The zero-order valence-electron chi connectivity index (χ0n) is 15.0. The molecule has 0 radical (unpaired) electrons. The van der Waals surface area contributed by atoms with Gasteiger partial charge in [-0.2, -0.15) is 4.98 Å². The fraction of sp³-hybridized carbons (Fsp3) is 0.350. The summed E-state index contributed by atoms with van der Waals surface area (Å²) in [4.78, 5) is 27.0. The molecule has 0 saturated carbocycles. The molecule has 1 aliphatic rings. The molecule has 1 saturated heterocycles. The number of carbonyl (C=O) groups is 1. The summed E-state index contributed by atoms with van der Waals surface area (Å²) in [6.45, 7) is 1.38. The zero-order chi connectivity index (χ0) is 18.5. The normalized spacial score (nSPS) is 16.6. The molecule has 3 heterocycles. The Morgan fingerprint density at radius 3 is 2.93 bits per heavy atom. The van der Waals surface area contributed by atoms with Crippen molar-refractivity contribution in [2.24, 2.45) is 0 Å². The number of amides is 1. The van der Waals surface area contributed by atoms with Crippen LogP contribution >= 0.6 is 0 Å². The number of carbonyl (C=O) groups excluding carboxylic acids is 1. The molecule has 0 N–H and O–H groups in total. The van der Waals surface area contributed by atoms with E-state index in [2.05, 4.69) is 32.2 Å². The van der Waals surface area contributed by atoms with Crippen LogP contribution in [0.3, 0.4) is 0 Å². The van der Waals surface area contributed by atoms with Gasteiger partial charge in [-0.05, 0) is 24.8 Å². The fourth-order valence-electron chi connectivity index (χ4n) is 3.36. The number of benzene rings is 1. The summed E-state index contributed by atoms with van der Waals surface area (Å²) in [7, 11) is 0. The highest BCUT2D eigenvalue weighted by Crippen LogP contribution is 2.27. The number of rotatable bonds is 6. The van der Waals surface area contributed by atoms with E-state index >= 15 is 0 Å². The van der Waals surface area contributed by atoms with E-state index in [1.165, 1.54) is 5.56 Å². The molecule has 1 fully saturated rings. The number of likely N-dealkylation sites (tertiary alicyclic amines) is 1. The Hall–Kier alpha value is -3.09. The molecule has 138 valence electrons. The van der Waals surface area contributed by atoms with Crippen LogP contribution in [0, 0.1) is 0 Å². The summed E-state index contributed by atoms with van der Waals surface area (Å²) in [5.41, 5.74) is 1.83. The number of hydrogen-bond acceptors (Lipinski definition) is 6. The third kappa shape index (κ3) is 4.19. The molecule has 0 aliphatic carbocycles. The maximum Gasteiger partial charge on any atom is 0.278 e. The van der Waals surface area contributed by atoms with Crippen molar-refractivity contribution in [1.29, 1.82) is 0 Å². The zero-order valence-corrected chi connectivity index (χ0v) is 15.0. The summed E-state index contributed by atoms with van der Waals surface area (Å²) in [5, 5.41) is 4.08. The third-order valence-electron chi connectivity index (χ3n) is 4.83. The van der Waals surface area contributed by atoms with Crippen LogP contribution < -0.4 is 0 Å². The first-order valence-electron chi connectivity index (χ1n) is 9.21. The maximum absolute atomic E-state index is 12.5. The second-order valence-electron chi connectivity index (χ2n) is 6.71. The average molecular weight is 363 g/mol. The summed E-state index contributed by atoms with van der Waals surface area (Å²) in [6, 6.07) is 10.3. The van der Waals surface area contributed by atoms with Crippen LogP contribution in [-0.4, -0.2) is 44.0 Å². The average Bonchev–Trinajstić information content (AvgIpc) is 3.39. The predicted octanol–water partition coefficient (Wildman–Crippen LogP) is 2.87. The van der Waals surface area contributed by atoms with Crippen molar-refractivity contribution < 1.29 is 9.32 Å². The molecule has 1 aromatic carbocycles. The van der Waals surface area contributed by atoms with Gasteiger partial charge in [0.2, 0.25) is 5.91 Å². The van der Waals surface area contributed by atoms with Gasteiger partial charge < -0.3 is 9.42 Å². The molecule has 0 bridgehead atoms. The van der Waals surface area contributed by atoms with E-state index in [-0.39, 0.29) is 11.8 Å². The van der Waals surface area contributed by atoms with Gasteiger partial charge in [-0.15, -0.1) is 0 Å². The smallest absolute Gasteiger partial charge is 0.278 e. The molecule has 7 nitrogen and oxygen atoms in total. The Morgan fingerprint density at radius 1 is 1.22 bits per heavy atom. The molecule has 7 heteroatoms. The van der Waals surface area contributed by atoms with E-state index in [4.69, 9.17) is 4.52 Å². The fourth-order valence-corrected chi connectivity index (χ4v) is 3.36. The van der Waals surface area contributed by atoms with Crippen LogP contribution in [-0.2, 0) is 11.2 Å². The first-order valence-corrected chi connectivity index (χ1v) is 9.21. The number of aryl methyl sites for hydroxylation is 1. The van der Waals surface area contributed by atoms with Crippen LogP contribution in [0.2, 0.25) is 0 Å². The summed E-state index contributed by atoms with van der Waals surface area (Å²) in [6.07, 6.45) is 7.99. The van der Waals surface area contributed by atoms with Crippen LogP contribution in [0.15, 0.2) is 53.4 Å². The van der Waals surface area contributed by atoms with Crippen molar-refractivity contribution in [3.05, 3.63) is 60.3 Å². The van der Waals surface area contributed by atoms with Crippen molar-refractivity contribution in [2.75, 3.05) is 13.1 Å². The largest absolute Gasteiger partial charge is 0.342 e. The molecule has 3 aromatic rings. The first kappa shape index (κ1) is 17.3. The van der Waals surface area contributed by atoms with E-state index in [1.807, 2.05) is 23.1 Å². The highest BCUT2D eigenvalue weighted by Gasteiger charge is 2.30. The summed E-state index contributed by atoms with van der Waals surface area (Å²) < 4.78 is 5.31. The molecule has 1 aliphatic heterocycles. The van der Waals surface area contributed by atoms with Gasteiger partial charge in [-0.1, -0.05) is 35.5 Å². The lowest BCUT2D eigenvalue weighted by atomic mass is 10.1. The molecule has 1 atom stereocenters. The van der Waals surface area contributed by atoms with Crippen molar-refractivity contribution in [2.45, 2.75) is 31.6 Å². The summed E-state index contributed by atoms with van der Waals surface area (Å²) >= 11 is 0. The lowest BCUT2D eigenvalue weighted by Gasteiger charge is -2.15. The van der Waals surface area contributed by atoms with Crippen LogP contribution in [0.1, 0.15) is 36.6 Å². The Morgan fingerprint density at radius 2 is 2.11 bits per heavy atom. The molecule has 4 rings (SSSR count). The quantitative estimate of drug-likeness (QED) is 0.669. The highest BCUT2D eigenvalue weighted by molar-refractivity contribution is 5.76. The molecule has 2 aromatic heterocycles. The van der Waals surface area contributed by atoms with Gasteiger partial charge in [0, 0.05) is 37.8 Å². The maximum atomic E-state index is 12.5. The lowest BCUT2D eigenvalue weighted by molar-refractivity contribution is -0.130. The summed E-state index contributed by atoms with van der Waals surface area (Å²) in [5.74, 6) is 1.31. The lowest BCUT2D eigenvalue weighted by Crippen LogP contribution is -2.28. The van der Waals surface area contributed by atoms with Gasteiger partial charge in [0.25, 0.3) is 5.89 Å². The van der Waals surface area contributed by atoms with E-state index < -0.39 is 0 Å². The molecular weight excluding hydrogens is 342 g/mol. The van der Waals surface area contributed by atoms with Crippen molar-refractivity contribution in [1.82, 2.24) is 25.0 Å². The standard InChI is InChI=1S/C20H21N5O2/c26-18(8-4-7-15-5-2-1-3-6-15)25-12-9-16(14-25)19-23-20(27-24-19)17-13-21-10-11-22-17/h1-3,5-6,10-11,13,16H,4,7-9,12,14H2. The Kier molecular flexibility index (Phi) is 5.18. The Labute approximate surface area is 157 Å². The van der Waals surface area contributed by atoms with E-state index in [9.17, 15) is 4.79 Å². The van der Waals surface area contributed by atoms with Gasteiger partial charge in [-0.3, -0.25) is 9.78 Å². The van der Waals surface area contributed by atoms with Gasteiger partial charge in [0.1, 0.15) is 5.69 Å². The van der Waals surface area contributed by atoms with Crippen LogP contribution in [0.4, 0.5) is 0 Å². The minimum Gasteiger partial charge on any atom is -0.342 e. The number of hydrogen-bond donors (Lipinski definition) is 0. The highest BCUT2D eigenvalue weighted by atomic mass is 16.5. The van der Waals surface area contributed by atoms with Crippen molar-refractivity contribution >= 4 is 5.91 Å². The van der Waals surface area contributed by atoms with Gasteiger partial charge in [0.15, 0.2) is 5.82 Å². The Balaban J connectivity index is 1.29. The monoisotopic (exact) mass is 363 g/mol. The van der Waals surface area contributed by atoms with Crippen molar-refractivity contribution in [3.8, 4) is 11.6 Å². The van der Waals surface area contributed by atoms with Gasteiger partial charge in [-0.25, -0.2) is 4.98 Å². The second-order valence-corrected chi connectivity index (χ2v) is 6.71. The predicted molar refractivity (Wildman–Crippen MR) is 98.6 cm³/mol. The van der Waals surface area contributed by atoms with E-state index in [0.717, 1.165) is 25.8 Å².